The van der Waals surface area contributed by atoms with Crippen molar-refractivity contribution < 1.29 is 14.3 Å². The van der Waals surface area contributed by atoms with Crippen LogP contribution >= 0.6 is 0 Å². The van der Waals surface area contributed by atoms with Crippen LogP contribution in [0.1, 0.15) is 35.3 Å². The Balaban J connectivity index is 2.32. The van der Waals surface area contributed by atoms with Crippen molar-refractivity contribution in [2.45, 2.75) is 26.3 Å². The average molecular weight is 340 g/mol. The van der Waals surface area contributed by atoms with Gasteiger partial charge < -0.3 is 15.4 Å². The van der Waals surface area contributed by atoms with Crippen LogP contribution in [-0.2, 0) is 15.1 Å². The van der Waals surface area contributed by atoms with Crippen molar-refractivity contribution in [3.63, 3.8) is 0 Å². The first kappa shape index (κ1) is 18.7. The molecule has 0 bridgehead atoms. The Morgan fingerprint density at radius 2 is 1.76 bits per heavy atom. The number of benzene rings is 2. The van der Waals surface area contributed by atoms with E-state index >= 15 is 0 Å². The number of rotatable bonds is 6. The van der Waals surface area contributed by atoms with Gasteiger partial charge in [-0.05, 0) is 37.1 Å². The van der Waals surface area contributed by atoms with E-state index in [-0.39, 0.29) is 11.8 Å². The summed E-state index contributed by atoms with van der Waals surface area (Å²) in [6, 6.07) is 15.0. The normalized spacial score (nSPS) is 13.0. The third kappa shape index (κ3) is 4.45. The lowest BCUT2D eigenvalue weighted by atomic mass is 9.92. The van der Waals surface area contributed by atoms with Crippen LogP contribution in [0.4, 0.5) is 5.69 Å². The van der Waals surface area contributed by atoms with Crippen LogP contribution in [0.2, 0.25) is 0 Å². The molecule has 0 saturated heterocycles. The average Bonchev–Trinajstić information content (AvgIpc) is 2.57. The minimum absolute atomic E-state index is 0.172. The van der Waals surface area contributed by atoms with Gasteiger partial charge >= 0.3 is 0 Å². The molecule has 0 aliphatic carbocycles. The zero-order valence-corrected chi connectivity index (χ0v) is 15.1. The van der Waals surface area contributed by atoms with Crippen molar-refractivity contribution in [2.75, 3.05) is 19.0 Å². The molecule has 2 rings (SSSR count). The van der Waals surface area contributed by atoms with Gasteiger partial charge in [-0.3, -0.25) is 9.59 Å². The molecule has 132 valence electrons. The van der Waals surface area contributed by atoms with Gasteiger partial charge in [-0.2, -0.15) is 0 Å². The van der Waals surface area contributed by atoms with E-state index < -0.39 is 5.54 Å². The topological polar surface area (TPSA) is 67.4 Å². The van der Waals surface area contributed by atoms with Gasteiger partial charge in [-0.1, -0.05) is 36.4 Å². The zero-order valence-electron chi connectivity index (χ0n) is 15.1. The molecule has 5 heteroatoms. The van der Waals surface area contributed by atoms with Gasteiger partial charge in [0.1, 0.15) is 0 Å². The Labute approximate surface area is 148 Å². The van der Waals surface area contributed by atoms with E-state index in [2.05, 4.69) is 10.6 Å². The summed E-state index contributed by atoms with van der Waals surface area (Å²) in [7, 11) is 1.61. The number of nitrogens with one attached hydrogen (secondary N) is 2. The zero-order chi connectivity index (χ0) is 18.4. The summed E-state index contributed by atoms with van der Waals surface area (Å²) in [6.07, 6.45) is 0. The van der Waals surface area contributed by atoms with Crippen LogP contribution in [-0.4, -0.2) is 25.5 Å². The fraction of sp³-hybridized carbons (Fsp3) is 0.300. The summed E-state index contributed by atoms with van der Waals surface area (Å²) in [5, 5.41) is 5.82. The monoisotopic (exact) mass is 340 g/mol. The third-order valence-corrected chi connectivity index (χ3v) is 4.12. The van der Waals surface area contributed by atoms with Crippen molar-refractivity contribution in [1.82, 2.24) is 5.32 Å². The van der Waals surface area contributed by atoms with E-state index in [1.54, 1.807) is 25.3 Å². The third-order valence-electron chi connectivity index (χ3n) is 4.12. The number of carbonyl (C=O) groups excluding carboxylic acids is 2. The highest BCUT2D eigenvalue weighted by Gasteiger charge is 2.29. The lowest BCUT2D eigenvalue weighted by Gasteiger charge is -2.31. The Morgan fingerprint density at radius 1 is 1.08 bits per heavy atom. The predicted molar refractivity (Wildman–Crippen MR) is 98.6 cm³/mol. The summed E-state index contributed by atoms with van der Waals surface area (Å²) >= 11 is 0. The van der Waals surface area contributed by atoms with E-state index in [0.717, 1.165) is 11.1 Å². The van der Waals surface area contributed by atoms with E-state index in [0.29, 0.717) is 17.9 Å². The maximum atomic E-state index is 12.9. The van der Waals surface area contributed by atoms with E-state index in [1.165, 1.54) is 6.92 Å². The lowest BCUT2D eigenvalue weighted by Crippen LogP contribution is -2.47. The van der Waals surface area contributed by atoms with Crippen LogP contribution in [0, 0.1) is 6.92 Å². The molecular formula is C20H24N2O3. The summed E-state index contributed by atoms with van der Waals surface area (Å²) in [5.41, 5.74) is 2.17. The second kappa shape index (κ2) is 7.94. The van der Waals surface area contributed by atoms with Gasteiger partial charge in [0.05, 0.1) is 12.1 Å². The molecule has 2 aromatic carbocycles. The molecule has 0 aliphatic rings. The minimum Gasteiger partial charge on any atom is -0.382 e. The van der Waals surface area contributed by atoms with Gasteiger partial charge in [-0.25, -0.2) is 0 Å². The number of anilines is 1. The second-order valence-electron chi connectivity index (χ2n) is 6.24. The smallest absolute Gasteiger partial charge is 0.252 e. The number of carbonyl (C=O) groups is 2. The van der Waals surface area contributed by atoms with Gasteiger partial charge in [0.15, 0.2) is 0 Å². The summed E-state index contributed by atoms with van der Waals surface area (Å²) in [5.74, 6) is -0.387. The SMILES string of the molecule is COCC(C)(NC(=O)c1cccc(NC(C)=O)c1C)c1ccccc1. The van der Waals surface area contributed by atoms with Crippen LogP contribution in [0.25, 0.3) is 0 Å². The van der Waals surface area contributed by atoms with Gasteiger partial charge in [-0.15, -0.1) is 0 Å². The standard InChI is InChI=1S/C20H24N2O3/c1-14-17(11-8-12-18(14)21-15(2)23)19(24)22-20(3,13-25-4)16-9-6-5-7-10-16/h5-12H,13H2,1-4H3,(H,21,23)(H,22,24). The number of hydrogen-bond acceptors (Lipinski definition) is 3. The highest BCUT2D eigenvalue weighted by Crippen LogP contribution is 2.24. The molecule has 1 atom stereocenters. The summed E-state index contributed by atoms with van der Waals surface area (Å²) in [4.78, 5) is 24.2. The van der Waals surface area contributed by atoms with Crippen molar-refractivity contribution in [3.05, 3.63) is 65.2 Å². The molecule has 0 radical (unpaired) electrons. The molecule has 25 heavy (non-hydrogen) atoms. The van der Waals surface area contributed by atoms with E-state index in [1.807, 2.05) is 44.2 Å². The van der Waals surface area contributed by atoms with Gasteiger partial charge in [0, 0.05) is 25.3 Å². The van der Waals surface area contributed by atoms with E-state index in [9.17, 15) is 9.59 Å². The second-order valence-corrected chi connectivity index (χ2v) is 6.24. The van der Waals surface area contributed by atoms with E-state index in [4.69, 9.17) is 4.74 Å². The fourth-order valence-corrected chi connectivity index (χ4v) is 2.81. The molecule has 2 N–H and O–H groups in total. The van der Waals surface area contributed by atoms with Crippen molar-refractivity contribution in [2.24, 2.45) is 0 Å². The lowest BCUT2D eigenvalue weighted by molar-refractivity contribution is -0.114. The first-order chi connectivity index (χ1) is 11.9. The molecule has 5 nitrogen and oxygen atoms in total. The molecule has 0 aliphatic heterocycles. The Bertz CT molecular complexity index is 759. The summed E-state index contributed by atoms with van der Waals surface area (Å²) in [6.45, 7) is 5.53. The number of amides is 2. The van der Waals surface area contributed by atoms with Crippen LogP contribution < -0.4 is 10.6 Å². The fourth-order valence-electron chi connectivity index (χ4n) is 2.81. The van der Waals surface area contributed by atoms with Gasteiger partial charge in [0.25, 0.3) is 5.91 Å². The predicted octanol–water partition coefficient (Wildman–Crippen LogP) is 3.25. The molecule has 0 spiro atoms. The molecule has 0 fully saturated rings. The largest absolute Gasteiger partial charge is 0.382 e. The first-order valence-corrected chi connectivity index (χ1v) is 8.11. The highest BCUT2D eigenvalue weighted by atomic mass is 16.5. The van der Waals surface area contributed by atoms with Crippen LogP contribution in [0.3, 0.4) is 0 Å². The molecule has 1 unspecified atom stereocenters. The van der Waals surface area contributed by atoms with Crippen molar-refractivity contribution >= 4 is 17.5 Å². The van der Waals surface area contributed by atoms with Crippen LogP contribution in [0.15, 0.2) is 48.5 Å². The number of methoxy groups -OCH3 is 1. The Kier molecular flexibility index (Phi) is 5.93. The summed E-state index contributed by atoms with van der Waals surface area (Å²) < 4.78 is 5.33. The molecule has 0 aromatic heterocycles. The first-order valence-electron chi connectivity index (χ1n) is 8.11. The van der Waals surface area contributed by atoms with Crippen molar-refractivity contribution in [1.29, 1.82) is 0 Å². The number of ether oxygens (including phenoxy) is 1. The Morgan fingerprint density at radius 3 is 2.36 bits per heavy atom. The molecular weight excluding hydrogens is 316 g/mol. The van der Waals surface area contributed by atoms with Crippen LogP contribution in [0.5, 0.6) is 0 Å². The maximum absolute atomic E-state index is 12.9. The number of hydrogen-bond donors (Lipinski definition) is 2. The quantitative estimate of drug-likeness (QED) is 0.848. The minimum atomic E-state index is -0.663. The highest BCUT2D eigenvalue weighted by molar-refractivity contribution is 5.99. The maximum Gasteiger partial charge on any atom is 0.252 e. The molecule has 2 amide bonds. The Hall–Kier alpha value is -2.66. The molecule has 2 aromatic rings. The molecule has 0 heterocycles. The van der Waals surface area contributed by atoms with Crippen molar-refractivity contribution in [3.8, 4) is 0 Å². The molecule has 0 saturated carbocycles. The van der Waals surface area contributed by atoms with Gasteiger partial charge in [0.2, 0.25) is 5.91 Å².